The lowest BCUT2D eigenvalue weighted by atomic mass is 10.1. The van der Waals surface area contributed by atoms with Crippen LogP contribution in [0.4, 0.5) is 0 Å². The van der Waals surface area contributed by atoms with Gasteiger partial charge in [-0.15, -0.1) is 0 Å². The van der Waals surface area contributed by atoms with Crippen molar-refractivity contribution in [3.8, 4) is 5.75 Å². The molecule has 1 amide bonds. The molecule has 0 aliphatic rings. The van der Waals surface area contributed by atoms with E-state index in [4.69, 9.17) is 4.74 Å². The van der Waals surface area contributed by atoms with Gasteiger partial charge in [0.15, 0.2) is 0 Å². The standard InChI is InChI=1S/C16H25NO3/c1-12-7-6-8-13(2)15(12)20-10-9-14(18)17(5)11-16(3,4)19/h6-8,19H,9-11H2,1-5H3. The summed E-state index contributed by atoms with van der Waals surface area (Å²) in [6.45, 7) is 8.01. The van der Waals surface area contributed by atoms with Crippen LogP contribution in [0, 0.1) is 13.8 Å². The second-order valence-electron chi connectivity index (χ2n) is 5.88. The van der Waals surface area contributed by atoms with Gasteiger partial charge < -0.3 is 14.7 Å². The molecule has 0 saturated carbocycles. The second-order valence-corrected chi connectivity index (χ2v) is 5.88. The molecule has 0 fully saturated rings. The number of carbonyl (C=O) groups is 1. The Morgan fingerprint density at radius 2 is 1.85 bits per heavy atom. The number of aliphatic hydroxyl groups is 1. The van der Waals surface area contributed by atoms with Crippen molar-refractivity contribution < 1.29 is 14.6 Å². The number of nitrogens with zero attached hydrogens (tertiary/aromatic N) is 1. The summed E-state index contributed by atoms with van der Waals surface area (Å²) in [4.78, 5) is 13.5. The quantitative estimate of drug-likeness (QED) is 0.869. The van der Waals surface area contributed by atoms with Crippen LogP contribution >= 0.6 is 0 Å². The van der Waals surface area contributed by atoms with E-state index in [1.54, 1.807) is 20.9 Å². The lowest BCUT2D eigenvalue weighted by molar-refractivity contribution is -0.133. The van der Waals surface area contributed by atoms with Gasteiger partial charge in [-0.3, -0.25) is 4.79 Å². The maximum atomic E-state index is 11.9. The number of benzene rings is 1. The number of aryl methyl sites for hydroxylation is 2. The van der Waals surface area contributed by atoms with Crippen LogP contribution in [0.1, 0.15) is 31.4 Å². The van der Waals surface area contributed by atoms with Gasteiger partial charge in [-0.1, -0.05) is 18.2 Å². The second kappa shape index (κ2) is 6.75. The summed E-state index contributed by atoms with van der Waals surface area (Å²) in [5.41, 5.74) is 1.27. The Balaban J connectivity index is 2.46. The molecule has 0 saturated heterocycles. The van der Waals surface area contributed by atoms with Crippen molar-refractivity contribution >= 4 is 5.91 Å². The minimum atomic E-state index is -0.877. The number of ether oxygens (including phenoxy) is 1. The summed E-state index contributed by atoms with van der Waals surface area (Å²) < 4.78 is 5.71. The third-order valence-electron chi connectivity index (χ3n) is 3.02. The van der Waals surface area contributed by atoms with Crippen molar-refractivity contribution in [2.45, 2.75) is 39.7 Å². The Hall–Kier alpha value is -1.55. The number of carbonyl (C=O) groups excluding carboxylic acids is 1. The Morgan fingerprint density at radius 1 is 1.30 bits per heavy atom. The van der Waals surface area contributed by atoms with Gasteiger partial charge >= 0.3 is 0 Å². The van der Waals surface area contributed by atoms with Crippen LogP contribution < -0.4 is 4.74 Å². The smallest absolute Gasteiger partial charge is 0.225 e. The van der Waals surface area contributed by atoms with Crippen LogP contribution in [0.15, 0.2) is 18.2 Å². The van der Waals surface area contributed by atoms with E-state index in [0.29, 0.717) is 19.6 Å². The first-order valence-corrected chi connectivity index (χ1v) is 6.86. The normalized spacial score (nSPS) is 11.3. The number of hydrogen-bond donors (Lipinski definition) is 1. The highest BCUT2D eigenvalue weighted by molar-refractivity contribution is 5.76. The maximum Gasteiger partial charge on any atom is 0.225 e. The third-order valence-corrected chi connectivity index (χ3v) is 3.02. The summed E-state index contributed by atoms with van der Waals surface area (Å²) in [5, 5.41) is 9.69. The van der Waals surface area contributed by atoms with Gasteiger partial charge in [0.2, 0.25) is 5.91 Å². The lowest BCUT2D eigenvalue weighted by Gasteiger charge is -2.25. The minimum Gasteiger partial charge on any atom is -0.493 e. The average Bonchev–Trinajstić information content (AvgIpc) is 2.30. The Labute approximate surface area is 121 Å². The van der Waals surface area contributed by atoms with Gasteiger partial charge in [-0.25, -0.2) is 0 Å². The molecule has 0 radical (unpaired) electrons. The summed E-state index contributed by atoms with van der Waals surface area (Å²) in [6, 6.07) is 5.97. The Morgan fingerprint density at radius 3 is 2.35 bits per heavy atom. The first-order valence-electron chi connectivity index (χ1n) is 6.86. The fraction of sp³-hybridized carbons (Fsp3) is 0.562. The highest BCUT2D eigenvalue weighted by atomic mass is 16.5. The summed E-state index contributed by atoms with van der Waals surface area (Å²) >= 11 is 0. The molecule has 1 N–H and O–H groups in total. The fourth-order valence-corrected chi connectivity index (χ4v) is 2.13. The zero-order valence-electron chi connectivity index (χ0n) is 13.1. The highest BCUT2D eigenvalue weighted by Crippen LogP contribution is 2.22. The van der Waals surface area contributed by atoms with Crippen LogP contribution in [-0.2, 0) is 4.79 Å². The number of amides is 1. The van der Waals surface area contributed by atoms with Crippen LogP contribution in [-0.4, -0.2) is 41.7 Å². The predicted octanol–water partition coefficient (Wildman–Crippen LogP) is 2.30. The topological polar surface area (TPSA) is 49.8 Å². The number of rotatable bonds is 6. The van der Waals surface area contributed by atoms with Crippen LogP contribution in [0.5, 0.6) is 5.75 Å². The van der Waals surface area contributed by atoms with Crippen molar-refractivity contribution in [1.82, 2.24) is 4.90 Å². The van der Waals surface area contributed by atoms with Crippen molar-refractivity contribution in [3.05, 3.63) is 29.3 Å². The molecule has 0 spiro atoms. The van der Waals surface area contributed by atoms with E-state index in [0.717, 1.165) is 16.9 Å². The molecular formula is C16H25NO3. The Bertz CT molecular complexity index is 443. The zero-order chi connectivity index (χ0) is 15.3. The van der Waals surface area contributed by atoms with Gasteiger partial charge in [-0.05, 0) is 38.8 Å². The molecule has 0 aromatic heterocycles. The predicted molar refractivity (Wildman–Crippen MR) is 80.0 cm³/mol. The zero-order valence-corrected chi connectivity index (χ0v) is 13.1. The molecule has 20 heavy (non-hydrogen) atoms. The first kappa shape index (κ1) is 16.5. The van der Waals surface area contributed by atoms with Gasteiger partial charge in [0, 0.05) is 13.6 Å². The molecule has 112 valence electrons. The van der Waals surface area contributed by atoms with Crippen molar-refractivity contribution in [1.29, 1.82) is 0 Å². The van der Waals surface area contributed by atoms with Gasteiger partial charge in [0.25, 0.3) is 0 Å². The van der Waals surface area contributed by atoms with E-state index in [1.165, 1.54) is 4.90 Å². The molecule has 0 aliphatic carbocycles. The summed E-state index contributed by atoms with van der Waals surface area (Å²) in [5.74, 6) is 0.823. The molecule has 1 aromatic carbocycles. The molecule has 4 heteroatoms. The van der Waals surface area contributed by atoms with Gasteiger partial charge in [0.1, 0.15) is 5.75 Å². The molecule has 0 unspecified atom stereocenters. The van der Waals surface area contributed by atoms with E-state index in [9.17, 15) is 9.90 Å². The molecule has 0 bridgehead atoms. The van der Waals surface area contributed by atoms with Gasteiger partial charge in [-0.2, -0.15) is 0 Å². The summed E-state index contributed by atoms with van der Waals surface area (Å²) in [6.07, 6.45) is 0.306. The average molecular weight is 279 g/mol. The lowest BCUT2D eigenvalue weighted by Crippen LogP contribution is -2.40. The SMILES string of the molecule is Cc1cccc(C)c1OCCC(=O)N(C)CC(C)(C)O. The van der Waals surface area contributed by atoms with E-state index in [1.807, 2.05) is 32.0 Å². The van der Waals surface area contributed by atoms with Crippen LogP contribution in [0.3, 0.4) is 0 Å². The molecule has 1 aromatic rings. The largest absolute Gasteiger partial charge is 0.493 e. The van der Waals surface area contributed by atoms with Crippen LogP contribution in [0.25, 0.3) is 0 Å². The first-order chi connectivity index (χ1) is 9.20. The summed E-state index contributed by atoms with van der Waals surface area (Å²) in [7, 11) is 1.69. The van der Waals surface area contributed by atoms with Crippen LogP contribution in [0.2, 0.25) is 0 Å². The van der Waals surface area contributed by atoms with Crippen molar-refractivity contribution in [2.24, 2.45) is 0 Å². The van der Waals surface area contributed by atoms with E-state index >= 15 is 0 Å². The molecule has 4 nitrogen and oxygen atoms in total. The minimum absolute atomic E-state index is 0.0293. The fourth-order valence-electron chi connectivity index (χ4n) is 2.13. The Kier molecular flexibility index (Phi) is 5.57. The van der Waals surface area contributed by atoms with Crippen molar-refractivity contribution in [2.75, 3.05) is 20.2 Å². The highest BCUT2D eigenvalue weighted by Gasteiger charge is 2.19. The molecule has 0 atom stereocenters. The molecule has 0 heterocycles. The van der Waals surface area contributed by atoms with E-state index in [2.05, 4.69) is 0 Å². The van der Waals surface area contributed by atoms with E-state index < -0.39 is 5.60 Å². The monoisotopic (exact) mass is 279 g/mol. The maximum absolute atomic E-state index is 11.9. The number of hydrogen-bond acceptors (Lipinski definition) is 3. The van der Waals surface area contributed by atoms with Crippen molar-refractivity contribution in [3.63, 3.8) is 0 Å². The van der Waals surface area contributed by atoms with Gasteiger partial charge in [0.05, 0.1) is 18.6 Å². The number of likely N-dealkylation sites (N-methyl/N-ethyl adjacent to an activating group) is 1. The molecular weight excluding hydrogens is 254 g/mol. The number of para-hydroxylation sites is 1. The third kappa shape index (κ3) is 5.21. The molecule has 0 aliphatic heterocycles. The molecule has 1 rings (SSSR count). The van der Waals surface area contributed by atoms with E-state index in [-0.39, 0.29) is 5.91 Å².